The SMILES string of the molecule is CC(C)N(C)CCCNC(=O)c1n[nH]c(C2CC2)n1. The average molecular weight is 265 g/mol. The quantitative estimate of drug-likeness (QED) is 0.725. The Balaban J connectivity index is 1.68. The molecule has 1 aromatic rings. The predicted octanol–water partition coefficient (Wildman–Crippen LogP) is 1.14. The van der Waals surface area contributed by atoms with Crippen LogP contribution in [0.15, 0.2) is 0 Å². The van der Waals surface area contributed by atoms with Crippen molar-refractivity contribution in [3.05, 3.63) is 11.6 Å². The standard InChI is InChI=1S/C13H23N5O/c1-9(2)18(3)8-4-7-14-13(19)12-15-11(16-17-12)10-5-6-10/h9-10H,4-8H2,1-3H3,(H,14,19)(H,15,16,17). The van der Waals surface area contributed by atoms with Crippen LogP contribution in [0.4, 0.5) is 0 Å². The van der Waals surface area contributed by atoms with Crippen molar-refractivity contribution < 1.29 is 4.79 Å². The monoisotopic (exact) mass is 265 g/mol. The summed E-state index contributed by atoms with van der Waals surface area (Å²) in [4.78, 5) is 18.3. The molecule has 1 saturated carbocycles. The molecule has 1 aromatic heterocycles. The van der Waals surface area contributed by atoms with Crippen LogP contribution in [0.5, 0.6) is 0 Å². The molecule has 6 nitrogen and oxygen atoms in total. The highest BCUT2D eigenvalue weighted by molar-refractivity contribution is 5.90. The van der Waals surface area contributed by atoms with Crippen LogP contribution in [0.2, 0.25) is 0 Å². The fourth-order valence-electron chi connectivity index (χ4n) is 1.78. The van der Waals surface area contributed by atoms with E-state index in [2.05, 4.69) is 46.3 Å². The number of amides is 1. The maximum atomic E-state index is 11.8. The predicted molar refractivity (Wildman–Crippen MR) is 73.1 cm³/mol. The van der Waals surface area contributed by atoms with Gasteiger partial charge in [0, 0.05) is 18.5 Å². The molecule has 2 N–H and O–H groups in total. The van der Waals surface area contributed by atoms with Crippen molar-refractivity contribution in [2.24, 2.45) is 0 Å². The normalized spacial score (nSPS) is 15.2. The van der Waals surface area contributed by atoms with E-state index in [0.29, 0.717) is 18.5 Å². The van der Waals surface area contributed by atoms with Gasteiger partial charge in [0.25, 0.3) is 5.91 Å². The van der Waals surface area contributed by atoms with Crippen LogP contribution in [0, 0.1) is 0 Å². The van der Waals surface area contributed by atoms with E-state index in [1.807, 2.05) is 0 Å². The molecule has 0 spiro atoms. The smallest absolute Gasteiger partial charge is 0.290 e. The second-order valence-corrected chi connectivity index (χ2v) is 5.50. The van der Waals surface area contributed by atoms with Gasteiger partial charge in [-0.25, -0.2) is 4.98 Å². The van der Waals surface area contributed by atoms with E-state index < -0.39 is 0 Å². The summed E-state index contributed by atoms with van der Waals surface area (Å²) < 4.78 is 0. The first kappa shape index (κ1) is 14.0. The number of H-pyrrole nitrogens is 1. The Morgan fingerprint density at radius 1 is 1.53 bits per heavy atom. The summed E-state index contributed by atoms with van der Waals surface area (Å²) in [5.41, 5.74) is 0. The van der Waals surface area contributed by atoms with E-state index in [-0.39, 0.29) is 11.7 Å². The average Bonchev–Trinajstić information content (AvgIpc) is 3.11. The van der Waals surface area contributed by atoms with Crippen LogP contribution in [-0.4, -0.2) is 52.2 Å². The molecule has 0 aliphatic heterocycles. The van der Waals surface area contributed by atoms with Crippen molar-refractivity contribution in [1.82, 2.24) is 25.4 Å². The molecule has 1 aliphatic rings. The second kappa shape index (κ2) is 6.14. The van der Waals surface area contributed by atoms with E-state index >= 15 is 0 Å². The van der Waals surface area contributed by atoms with Crippen LogP contribution in [-0.2, 0) is 0 Å². The Morgan fingerprint density at radius 2 is 2.26 bits per heavy atom. The molecule has 19 heavy (non-hydrogen) atoms. The van der Waals surface area contributed by atoms with Crippen LogP contribution >= 0.6 is 0 Å². The topological polar surface area (TPSA) is 73.9 Å². The summed E-state index contributed by atoms with van der Waals surface area (Å²) in [5.74, 6) is 1.42. The number of nitrogens with zero attached hydrogens (tertiary/aromatic N) is 3. The zero-order chi connectivity index (χ0) is 13.8. The van der Waals surface area contributed by atoms with E-state index in [9.17, 15) is 4.79 Å². The number of hydrogen-bond donors (Lipinski definition) is 2. The third-order valence-corrected chi connectivity index (χ3v) is 3.52. The molecule has 1 heterocycles. The lowest BCUT2D eigenvalue weighted by Crippen LogP contribution is -2.31. The molecular formula is C13H23N5O. The Labute approximate surface area is 114 Å². The highest BCUT2D eigenvalue weighted by atomic mass is 16.2. The molecule has 0 unspecified atom stereocenters. The number of carbonyl (C=O) groups is 1. The maximum absolute atomic E-state index is 11.8. The van der Waals surface area contributed by atoms with Crippen molar-refractivity contribution in [3.8, 4) is 0 Å². The number of aromatic amines is 1. The van der Waals surface area contributed by atoms with Gasteiger partial charge >= 0.3 is 0 Å². The summed E-state index contributed by atoms with van der Waals surface area (Å²) in [7, 11) is 2.09. The number of carbonyl (C=O) groups excluding carboxylic acids is 1. The summed E-state index contributed by atoms with van der Waals surface area (Å²) in [6.07, 6.45) is 3.23. The van der Waals surface area contributed by atoms with Crippen LogP contribution in [0.25, 0.3) is 0 Å². The number of nitrogens with one attached hydrogen (secondary N) is 2. The highest BCUT2D eigenvalue weighted by Crippen LogP contribution is 2.37. The zero-order valence-electron chi connectivity index (χ0n) is 11.9. The van der Waals surface area contributed by atoms with Gasteiger partial charge in [-0.2, -0.15) is 0 Å². The second-order valence-electron chi connectivity index (χ2n) is 5.50. The Kier molecular flexibility index (Phi) is 4.52. The van der Waals surface area contributed by atoms with Crippen molar-refractivity contribution >= 4 is 5.91 Å². The molecule has 0 radical (unpaired) electrons. The Bertz CT molecular complexity index is 424. The van der Waals surface area contributed by atoms with Gasteiger partial charge in [-0.15, -0.1) is 5.10 Å². The highest BCUT2D eigenvalue weighted by Gasteiger charge is 2.28. The molecule has 1 aliphatic carbocycles. The number of aromatic nitrogens is 3. The first-order valence-electron chi connectivity index (χ1n) is 6.98. The molecule has 1 amide bonds. The first-order chi connectivity index (χ1) is 9.08. The Hall–Kier alpha value is -1.43. The van der Waals surface area contributed by atoms with E-state index in [4.69, 9.17) is 0 Å². The maximum Gasteiger partial charge on any atom is 0.290 e. The minimum atomic E-state index is -0.185. The molecule has 0 saturated heterocycles. The van der Waals surface area contributed by atoms with Gasteiger partial charge in [0.05, 0.1) is 0 Å². The van der Waals surface area contributed by atoms with Gasteiger partial charge < -0.3 is 10.2 Å². The molecule has 6 heteroatoms. The number of rotatable bonds is 7. The molecule has 0 atom stereocenters. The van der Waals surface area contributed by atoms with Crippen molar-refractivity contribution in [1.29, 1.82) is 0 Å². The fraction of sp³-hybridized carbons (Fsp3) is 0.769. The largest absolute Gasteiger partial charge is 0.349 e. The third kappa shape index (κ3) is 4.02. The minimum absolute atomic E-state index is 0.185. The number of hydrogen-bond acceptors (Lipinski definition) is 4. The summed E-state index contributed by atoms with van der Waals surface area (Å²) in [6.45, 7) is 5.94. The third-order valence-electron chi connectivity index (χ3n) is 3.52. The lowest BCUT2D eigenvalue weighted by atomic mass is 10.3. The lowest BCUT2D eigenvalue weighted by molar-refractivity contribution is 0.0941. The minimum Gasteiger partial charge on any atom is -0.349 e. The van der Waals surface area contributed by atoms with Crippen LogP contribution in [0.3, 0.4) is 0 Å². The van der Waals surface area contributed by atoms with Crippen LogP contribution < -0.4 is 5.32 Å². The van der Waals surface area contributed by atoms with Crippen LogP contribution in [0.1, 0.15) is 55.5 Å². The van der Waals surface area contributed by atoms with Gasteiger partial charge in [0.15, 0.2) is 0 Å². The van der Waals surface area contributed by atoms with Gasteiger partial charge in [0.2, 0.25) is 5.82 Å². The fourth-order valence-corrected chi connectivity index (χ4v) is 1.78. The molecule has 2 rings (SSSR count). The van der Waals surface area contributed by atoms with E-state index in [1.165, 1.54) is 0 Å². The Morgan fingerprint density at radius 3 is 2.89 bits per heavy atom. The molecule has 1 fully saturated rings. The molecular weight excluding hydrogens is 242 g/mol. The molecule has 0 bridgehead atoms. The van der Waals surface area contributed by atoms with Crippen molar-refractivity contribution in [3.63, 3.8) is 0 Å². The van der Waals surface area contributed by atoms with Gasteiger partial charge in [-0.05, 0) is 46.7 Å². The van der Waals surface area contributed by atoms with Crippen molar-refractivity contribution in [2.75, 3.05) is 20.1 Å². The first-order valence-corrected chi connectivity index (χ1v) is 6.98. The van der Waals surface area contributed by atoms with E-state index in [1.54, 1.807) is 0 Å². The molecule has 106 valence electrons. The summed E-state index contributed by atoms with van der Waals surface area (Å²) >= 11 is 0. The summed E-state index contributed by atoms with van der Waals surface area (Å²) in [6, 6.07) is 0.532. The van der Waals surface area contributed by atoms with Gasteiger partial charge in [-0.1, -0.05) is 0 Å². The van der Waals surface area contributed by atoms with Gasteiger partial charge in [0.1, 0.15) is 5.82 Å². The lowest BCUT2D eigenvalue weighted by Gasteiger charge is -2.20. The van der Waals surface area contributed by atoms with Gasteiger partial charge in [-0.3, -0.25) is 9.89 Å². The zero-order valence-corrected chi connectivity index (χ0v) is 11.9. The summed E-state index contributed by atoms with van der Waals surface area (Å²) in [5, 5.41) is 9.66. The van der Waals surface area contributed by atoms with Crippen molar-refractivity contribution in [2.45, 2.75) is 45.1 Å². The molecule has 0 aromatic carbocycles. The van der Waals surface area contributed by atoms with E-state index in [0.717, 1.165) is 31.6 Å².